The second kappa shape index (κ2) is 7.65. The zero-order chi connectivity index (χ0) is 20.5. The van der Waals surface area contributed by atoms with Crippen LogP contribution in [0.25, 0.3) is 44.7 Å². The summed E-state index contributed by atoms with van der Waals surface area (Å²) in [5, 5.41) is 1.32. The molecule has 0 bridgehead atoms. The summed E-state index contributed by atoms with van der Waals surface area (Å²) in [7, 11) is 0. The molecule has 0 amide bonds. The minimum absolute atomic E-state index is 0.335. The van der Waals surface area contributed by atoms with E-state index in [-0.39, 0.29) is 5.82 Å². The van der Waals surface area contributed by atoms with Gasteiger partial charge in [0.15, 0.2) is 5.65 Å². The molecule has 0 atom stereocenters. The van der Waals surface area contributed by atoms with E-state index < -0.39 is 0 Å². The zero-order valence-corrected chi connectivity index (χ0v) is 16.5. The first kappa shape index (κ1) is 18.4. The highest BCUT2D eigenvalue weighted by molar-refractivity contribution is 6.30. The lowest BCUT2D eigenvalue weighted by Gasteiger charge is -2.13. The third-order valence-corrected chi connectivity index (χ3v) is 5.17. The normalized spacial score (nSPS) is 11.0. The molecule has 5 heteroatoms. The van der Waals surface area contributed by atoms with Gasteiger partial charge in [-0.15, -0.1) is 0 Å². The molecule has 0 saturated heterocycles. The molecular weight excluding hydrogens is 397 g/mol. The molecule has 0 radical (unpaired) electrons. The Morgan fingerprint density at radius 1 is 0.700 bits per heavy atom. The number of benzene rings is 2. The van der Waals surface area contributed by atoms with Gasteiger partial charge in [-0.2, -0.15) is 0 Å². The van der Waals surface area contributed by atoms with Gasteiger partial charge in [-0.3, -0.25) is 4.98 Å². The highest BCUT2D eigenvalue weighted by atomic mass is 35.5. The molecule has 5 aromatic rings. The Hall–Kier alpha value is -3.63. The summed E-state index contributed by atoms with van der Waals surface area (Å²) in [5.74, 6) is -0.386. The monoisotopic (exact) mass is 411 g/mol. The van der Waals surface area contributed by atoms with Gasteiger partial charge in [0.1, 0.15) is 5.82 Å². The van der Waals surface area contributed by atoms with Crippen molar-refractivity contribution in [1.82, 2.24) is 15.0 Å². The first-order valence-corrected chi connectivity index (χ1v) is 9.80. The van der Waals surface area contributed by atoms with E-state index in [1.54, 1.807) is 18.5 Å². The highest BCUT2D eigenvalue weighted by Gasteiger charge is 2.16. The van der Waals surface area contributed by atoms with Gasteiger partial charge in [-0.05, 0) is 48.0 Å². The molecule has 0 aliphatic carbocycles. The summed E-state index contributed by atoms with van der Waals surface area (Å²) in [6, 6.07) is 24.0. The minimum Gasteiger partial charge on any atom is -0.256 e. The van der Waals surface area contributed by atoms with Crippen LogP contribution >= 0.6 is 11.6 Å². The van der Waals surface area contributed by atoms with E-state index in [1.165, 1.54) is 12.1 Å². The largest absolute Gasteiger partial charge is 0.256 e. The number of halogens is 2. The molecule has 0 aliphatic heterocycles. The first-order chi connectivity index (χ1) is 14.7. The summed E-state index contributed by atoms with van der Waals surface area (Å²) in [6.45, 7) is 0. The minimum atomic E-state index is -0.386. The van der Waals surface area contributed by atoms with Crippen molar-refractivity contribution >= 4 is 22.6 Å². The molecule has 0 N–H and O–H groups in total. The molecule has 0 fully saturated rings. The van der Waals surface area contributed by atoms with E-state index in [2.05, 4.69) is 15.0 Å². The SMILES string of the molecule is Fc1ccc(Cl)cc1-c1cc(-c2cccnc2-c2ccccc2)c2cccnc2n1. The topological polar surface area (TPSA) is 38.7 Å². The fourth-order valence-corrected chi connectivity index (χ4v) is 3.73. The second-order valence-corrected chi connectivity index (χ2v) is 7.26. The maximum Gasteiger partial charge on any atom is 0.160 e. The van der Waals surface area contributed by atoms with Crippen LogP contribution in [0.15, 0.2) is 91.3 Å². The Morgan fingerprint density at radius 2 is 1.50 bits per heavy atom. The van der Waals surface area contributed by atoms with Crippen molar-refractivity contribution in [2.75, 3.05) is 0 Å². The predicted molar refractivity (Wildman–Crippen MR) is 119 cm³/mol. The van der Waals surface area contributed by atoms with Gasteiger partial charge in [-0.25, -0.2) is 14.4 Å². The lowest BCUT2D eigenvalue weighted by atomic mass is 9.95. The van der Waals surface area contributed by atoms with Gasteiger partial charge in [0.05, 0.1) is 11.4 Å². The van der Waals surface area contributed by atoms with Crippen molar-refractivity contribution in [3.63, 3.8) is 0 Å². The predicted octanol–water partition coefficient (Wildman–Crippen LogP) is 6.82. The van der Waals surface area contributed by atoms with Gasteiger partial charge in [0.2, 0.25) is 0 Å². The molecule has 144 valence electrons. The van der Waals surface area contributed by atoms with E-state index in [1.807, 2.05) is 60.7 Å². The van der Waals surface area contributed by atoms with Crippen molar-refractivity contribution in [3.05, 3.63) is 102 Å². The van der Waals surface area contributed by atoms with Crippen LogP contribution in [0, 0.1) is 5.82 Å². The summed E-state index contributed by atoms with van der Waals surface area (Å²) in [4.78, 5) is 13.7. The maximum atomic E-state index is 14.6. The molecule has 3 aromatic heterocycles. The average molecular weight is 412 g/mol. The van der Waals surface area contributed by atoms with Crippen LogP contribution in [0.1, 0.15) is 0 Å². The van der Waals surface area contributed by atoms with E-state index in [4.69, 9.17) is 11.6 Å². The number of aromatic nitrogens is 3. The quantitative estimate of drug-likeness (QED) is 0.327. The third-order valence-electron chi connectivity index (χ3n) is 4.93. The van der Waals surface area contributed by atoms with Gasteiger partial charge in [-0.1, -0.05) is 48.0 Å². The molecule has 0 unspecified atom stereocenters. The van der Waals surface area contributed by atoms with Crippen molar-refractivity contribution < 1.29 is 4.39 Å². The Morgan fingerprint density at radius 3 is 2.37 bits per heavy atom. The van der Waals surface area contributed by atoms with Gasteiger partial charge >= 0.3 is 0 Å². The standard InChI is InChI=1S/C25H15ClFN3/c26-17-10-11-22(27)21(14-17)23-15-20(19-9-5-13-29-25(19)30-23)18-8-4-12-28-24(18)16-6-2-1-3-7-16/h1-15H. The maximum absolute atomic E-state index is 14.6. The summed E-state index contributed by atoms with van der Waals surface area (Å²) < 4.78 is 14.6. The molecule has 30 heavy (non-hydrogen) atoms. The summed E-state index contributed by atoms with van der Waals surface area (Å²) >= 11 is 6.13. The van der Waals surface area contributed by atoms with E-state index >= 15 is 0 Å². The van der Waals surface area contributed by atoms with Crippen molar-refractivity contribution in [3.8, 4) is 33.6 Å². The molecule has 0 spiro atoms. The van der Waals surface area contributed by atoms with Crippen molar-refractivity contribution in [1.29, 1.82) is 0 Å². The molecular formula is C25H15ClFN3. The van der Waals surface area contributed by atoms with Gasteiger partial charge < -0.3 is 0 Å². The Labute approximate surface area is 177 Å². The van der Waals surface area contributed by atoms with E-state index in [9.17, 15) is 4.39 Å². The number of hydrogen-bond acceptors (Lipinski definition) is 3. The Balaban J connectivity index is 1.82. The fraction of sp³-hybridized carbons (Fsp3) is 0. The summed E-state index contributed by atoms with van der Waals surface area (Å²) in [5.41, 5.74) is 4.99. The van der Waals surface area contributed by atoms with Crippen LogP contribution in [0.4, 0.5) is 4.39 Å². The van der Waals surface area contributed by atoms with Gasteiger partial charge in [0.25, 0.3) is 0 Å². The molecule has 2 aromatic carbocycles. The first-order valence-electron chi connectivity index (χ1n) is 9.43. The van der Waals surface area contributed by atoms with Crippen LogP contribution < -0.4 is 0 Å². The van der Waals surface area contributed by atoms with Crippen molar-refractivity contribution in [2.24, 2.45) is 0 Å². The lowest BCUT2D eigenvalue weighted by molar-refractivity contribution is 0.631. The fourth-order valence-electron chi connectivity index (χ4n) is 3.56. The van der Waals surface area contributed by atoms with Crippen LogP contribution in [0.3, 0.4) is 0 Å². The smallest absolute Gasteiger partial charge is 0.160 e. The summed E-state index contributed by atoms with van der Waals surface area (Å²) in [6.07, 6.45) is 3.45. The van der Waals surface area contributed by atoms with Crippen LogP contribution in [0.2, 0.25) is 5.02 Å². The van der Waals surface area contributed by atoms with Crippen LogP contribution in [-0.4, -0.2) is 15.0 Å². The highest BCUT2D eigenvalue weighted by Crippen LogP contribution is 2.37. The Bertz CT molecular complexity index is 1370. The molecule has 3 nitrogen and oxygen atoms in total. The Kier molecular flexibility index (Phi) is 4.69. The van der Waals surface area contributed by atoms with Crippen molar-refractivity contribution in [2.45, 2.75) is 0 Å². The molecule has 0 saturated carbocycles. The number of hydrogen-bond donors (Lipinski definition) is 0. The number of nitrogens with zero attached hydrogens (tertiary/aromatic N) is 3. The second-order valence-electron chi connectivity index (χ2n) is 6.82. The molecule has 5 rings (SSSR count). The van der Waals surface area contributed by atoms with Gasteiger partial charge in [0, 0.05) is 39.5 Å². The molecule has 0 aliphatic rings. The van der Waals surface area contributed by atoms with E-state index in [0.29, 0.717) is 21.9 Å². The average Bonchev–Trinajstić information content (AvgIpc) is 2.80. The van der Waals surface area contributed by atoms with Crippen LogP contribution in [-0.2, 0) is 0 Å². The third kappa shape index (κ3) is 3.31. The lowest BCUT2D eigenvalue weighted by Crippen LogP contribution is -1.95. The number of rotatable bonds is 3. The molecule has 3 heterocycles. The zero-order valence-electron chi connectivity index (χ0n) is 15.8. The van der Waals surface area contributed by atoms with Crippen LogP contribution in [0.5, 0.6) is 0 Å². The number of pyridine rings is 3. The number of fused-ring (bicyclic) bond motifs is 1. The van der Waals surface area contributed by atoms with E-state index in [0.717, 1.165) is 27.8 Å².